The van der Waals surface area contributed by atoms with E-state index in [0.29, 0.717) is 17.4 Å². The Morgan fingerprint density at radius 1 is 1.31 bits per heavy atom. The van der Waals surface area contributed by atoms with Gasteiger partial charge < -0.3 is 0 Å². The van der Waals surface area contributed by atoms with E-state index in [-0.39, 0.29) is 0 Å². The number of hydrogen-bond acceptors (Lipinski definition) is 2. The van der Waals surface area contributed by atoms with Crippen LogP contribution < -0.4 is 0 Å². The van der Waals surface area contributed by atoms with Crippen molar-refractivity contribution in [2.24, 2.45) is 5.92 Å². The van der Waals surface area contributed by atoms with E-state index in [1.54, 1.807) is 6.08 Å². The maximum Gasteiger partial charge on any atom is 0.150 e. The minimum Gasteiger partial charge on any atom is -0.298 e. The summed E-state index contributed by atoms with van der Waals surface area (Å²) >= 11 is 0. The Morgan fingerprint density at radius 2 is 2.06 bits per heavy atom. The lowest BCUT2D eigenvalue weighted by atomic mass is 9.94. The molecule has 0 spiro atoms. The van der Waals surface area contributed by atoms with Crippen molar-refractivity contribution in [3.8, 4) is 6.07 Å². The monoisotopic (exact) mass is 211 g/mol. The van der Waals surface area contributed by atoms with Crippen LogP contribution in [0.2, 0.25) is 0 Å². The summed E-state index contributed by atoms with van der Waals surface area (Å²) in [7, 11) is 0. The number of rotatable bonds is 1. The average molecular weight is 211 g/mol. The van der Waals surface area contributed by atoms with Gasteiger partial charge in [-0.2, -0.15) is 5.26 Å². The molecule has 80 valence electrons. The molecule has 0 bridgehead atoms. The van der Waals surface area contributed by atoms with E-state index in [4.69, 9.17) is 5.26 Å². The predicted octanol–water partition coefficient (Wildman–Crippen LogP) is 3.16. The van der Waals surface area contributed by atoms with Gasteiger partial charge in [0.2, 0.25) is 0 Å². The first kappa shape index (κ1) is 10.6. The second-order valence-electron chi connectivity index (χ2n) is 4.27. The highest BCUT2D eigenvalue weighted by Crippen LogP contribution is 2.45. The molecule has 2 heteroatoms. The third-order valence-corrected chi connectivity index (χ3v) is 3.48. The normalized spacial score (nSPS) is 25.2. The number of carbonyl (C=O) groups is 1. The lowest BCUT2D eigenvalue weighted by Crippen LogP contribution is -1.97. The molecule has 0 N–H and O–H groups in total. The molecule has 0 radical (unpaired) electrons. The average Bonchev–Trinajstić information content (AvgIpc) is 2.54. The van der Waals surface area contributed by atoms with Gasteiger partial charge in [0.05, 0.1) is 6.07 Å². The molecule has 1 aromatic rings. The van der Waals surface area contributed by atoms with Crippen LogP contribution in [0.4, 0.5) is 0 Å². The minimum absolute atomic E-state index is 0.344. The molecule has 1 aromatic carbocycles. The highest BCUT2D eigenvalue weighted by molar-refractivity contribution is 5.83. The van der Waals surface area contributed by atoms with Gasteiger partial charge in [0.25, 0.3) is 0 Å². The van der Waals surface area contributed by atoms with E-state index in [9.17, 15) is 4.79 Å². The van der Waals surface area contributed by atoms with Crippen molar-refractivity contribution in [2.45, 2.75) is 19.8 Å². The zero-order chi connectivity index (χ0) is 11.7. The minimum atomic E-state index is 0.344. The molecule has 2 rings (SSSR count). The van der Waals surface area contributed by atoms with Crippen LogP contribution in [0.3, 0.4) is 0 Å². The Balaban J connectivity index is 2.63. The first-order chi connectivity index (χ1) is 7.69. The Hall–Kier alpha value is -1.88. The Morgan fingerprint density at radius 3 is 2.69 bits per heavy atom. The number of fused-ring (bicyclic) bond motifs is 1. The van der Waals surface area contributed by atoms with Gasteiger partial charge in [0.15, 0.2) is 0 Å². The Kier molecular flexibility index (Phi) is 2.62. The molecule has 1 aliphatic carbocycles. The highest BCUT2D eigenvalue weighted by atomic mass is 16.1. The summed E-state index contributed by atoms with van der Waals surface area (Å²) in [5.41, 5.74) is 4.02. The molecule has 0 amide bonds. The summed E-state index contributed by atoms with van der Waals surface area (Å²) in [4.78, 5) is 10.7. The van der Waals surface area contributed by atoms with Crippen LogP contribution in [0.1, 0.15) is 41.3 Å². The van der Waals surface area contributed by atoms with Crippen molar-refractivity contribution >= 4 is 11.9 Å². The summed E-state index contributed by atoms with van der Waals surface area (Å²) < 4.78 is 0. The van der Waals surface area contributed by atoms with E-state index < -0.39 is 0 Å². The number of nitriles is 1. The summed E-state index contributed by atoms with van der Waals surface area (Å²) in [5.74, 6) is 0.756. The molecule has 0 saturated carbocycles. The van der Waals surface area contributed by atoms with Crippen LogP contribution in [0, 0.1) is 17.2 Å². The highest BCUT2D eigenvalue weighted by Gasteiger charge is 2.30. The molecule has 16 heavy (non-hydrogen) atoms. The molecule has 1 aliphatic rings. The molecule has 2 unspecified atom stereocenters. The van der Waals surface area contributed by atoms with Crippen LogP contribution in [-0.2, 0) is 0 Å². The summed E-state index contributed by atoms with van der Waals surface area (Å²) in [6.07, 6.45) is 2.44. The van der Waals surface area contributed by atoms with Crippen molar-refractivity contribution < 1.29 is 4.79 Å². The Bertz CT molecular complexity index is 508. The number of allylic oxidation sites excluding steroid dienone is 2. The van der Waals surface area contributed by atoms with Gasteiger partial charge in [-0.15, -0.1) is 0 Å². The standard InChI is InChI=1S/C14H13NO/c1-9-10(2)13(5-6-15)14-7-11(8-16)3-4-12(9)14/h3-5,7-10H,1-2H3. The number of carbonyl (C=O) groups excluding carboxylic acids is 1. The van der Waals surface area contributed by atoms with Crippen molar-refractivity contribution in [3.05, 3.63) is 41.0 Å². The maximum atomic E-state index is 10.7. The molecule has 0 saturated heterocycles. The largest absolute Gasteiger partial charge is 0.298 e. The Labute approximate surface area is 95.2 Å². The molecule has 2 atom stereocenters. The van der Waals surface area contributed by atoms with Crippen molar-refractivity contribution in [2.75, 3.05) is 0 Å². The summed E-state index contributed by atoms with van der Waals surface area (Å²) in [6, 6.07) is 7.81. The molecule has 0 fully saturated rings. The van der Waals surface area contributed by atoms with E-state index in [0.717, 1.165) is 17.4 Å². The SMILES string of the molecule is CC1C(=CC#N)c2cc(C=O)ccc2C1C. The first-order valence-electron chi connectivity index (χ1n) is 5.38. The van der Waals surface area contributed by atoms with Gasteiger partial charge >= 0.3 is 0 Å². The summed E-state index contributed by atoms with van der Waals surface area (Å²) in [5, 5.41) is 8.79. The lowest BCUT2D eigenvalue weighted by molar-refractivity contribution is 0.112. The zero-order valence-electron chi connectivity index (χ0n) is 9.40. The topological polar surface area (TPSA) is 40.9 Å². The summed E-state index contributed by atoms with van der Waals surface area (Å²) in [6.45, 7) is 4.27. The van der Waals surface area contributed by atoms with Gasteiger partial charge in [0.1, 0.15) is 6.29 Å². The van der Waals surface area contributed by atoms with Gasteiger partial charge in [-0.25, -0.2) is 0 Å². The number of nitrogens with zero attached hydrogens (tertiary/aromatic N) is 1. The maximum absolute atomic E-state index is 10.7. The van der Waals surface area contributed by atoms with E-state index >= 15 is 0 Å². The van der Waals surface area contributed by atoms with Crippen LogP contribution in [0.5, 0.6) is 0 Å². The van der Waals surface area contributed by atoms with Crippen molar-refractivity contribution in [3.63, 3.8) is 0 Å². The second kappa shape index (κ2) is 3.94. The number of hydrogen-bond donors (Lipinski definition) is 0. The molecule has 0 aliphatic heterocycles. The smallest absolute Gasteiger partial charge is 0.150 e. The van der Waals surface area contributed by atoms with Gasteiger partial charge in [-0.3, -0.25) is 4.79 Å². The fourth-order valence-electron chi connectivity index (χ4n) is 2.36. The van der Waals surface area contributed by atoms with Crippen LogP contribution in [0.15, 0.2) is 24.3 Å². The fourth-order valence-corrected chi connectivity index (χ4v) is 2.36. The van der Waals surface area contributed by atoms with Crippen LogP contribution in [-0.4, -0.2) is 6.29 Å². The van der Waals surface area contributed by atoms with E-state index in [2.05, 4.69) is 19.9 Å². The van der Waals surface area contributed by atoms with Gasteiger partial charge in [0, 0.05) is 11.6 Å². The number of aldehydes is 1. The van der Waals surface area contributed by atoms with Gasteiger partial charge in [-0.05, 0) is 34.6 Å². The molecular weight excluding hydrogens is 198 g/mol. The quantitative estimate of drug-likeness (QED) is 0.529. The second-order valence-corrected chi connectivity index (χ2v) is 4.27. The predicted molar refractivity (Wildman–Crippen MR) is 63.0 cm³/mol. The number of benzene rings is 1. The van der Waals surface area contributed by atoms with E-state index in [1.807, 2.05) is 18.2 Å². The lowest BCUT2D eigenvalue weighted by Gasteiger charge is -2.09. The molecular formula is C14H13NO. The van der Waals surface area contributed by atoms with Gasteiger partial charge in [-0.1, -0.05) is 26.0 Å². The van der Waals surface area contributed by atoms with Crippen molar-refractivity contribution in [1.82, 2.24) is 0 Å². The first-order valence-corrected chi connectivity index (χ1v) is 5.38. The third kappa shape index (κ3) is 1.45. The zero-order valence-corrected chi connectivity index (χ0v) is 9.40. The van der Waals surface area contributed by atoms with Crippen LogP contribution in [0.25, 0.3) is 5.57 Å². The van der Waals surface area contributed by atoms with Crippen LogP contribution >= 0.6 is 0 Å². The van der Waals surface area contributed by atoms with Crippen molar-refractivity contribution in [1.29, 1.82) is 5.26 Å². The third-order valence-electron chi connectivity index (χ3n) is 3.48. The fraction of sp³-hybridized carbons (Fsp3) is 0.286. The molecule has 0 aromatic heterocycles. The molecule has 0 heterocycles. The van der Waals surface area contributed by atoms with E-state index in [1.165, 1.54) is 5.56 Å². The molecule has 2 nitrogen and oxygen atoms in total.